The Kier molecular flexibility index (Phi) is 5.52. The lowest BCUT2D eigenvalue weighted by Gasteiger charge is -2.20. The van der Waals surface area contributed by atoms with Gasteiger partial charge in [0, 0.05) is 5.88 Å². The molecule has 0 nitrogen and oxygen atoms in total. The SMILES string of the molecule is CCCC(CCl)Cc1ccc(C(C)(C)C)cc1. The van der Waals surface area contributed by atoms with Crippen LogP contribution in [0, 0.1) is 5.92 Å². The van der Waals surface area contributed by atoms with Gasteiger partial charge in [-0.25, -0.2) is 0 Å². The van der Waals surface area contributed by atoms with Crippen LogP contribution in [0.3, 0.4) is 0 Å². The smallest absolute Gasteiger partial charge is 0.0254 e. The Morgan fingerprint density at radius 2 is 1.71 bits per heavy atom. The summed E-state index contributed by atoms with van der Waals surface area (Å²) in [5, 5.41) is 0. The average Bonchev–Trinajstić information content (AvgIpc) is 2.28. The summed E-state index contributed by atoms with van der Waals surface area (Å²) in [6, 6.07) is 9.03. The van der Waals surface area contributed by atoms with Gasteiger partial charge in [-0.2, -0.15) is 0 Å². The van der Waals surface area contributed by atoms with Crippen molar-refractivity contribution in [2.75, 3.05) is 5.88 Å². The zero-order valence-electron chi connectivity index (χ0n) is 11.6. The summed E-state index contributed by atoms with van der Waals surface area (Å²) >= 11 is 6.00. The van der Waals surface area contributed by atoms with Gasteiger partial charge in [0.25, 0.3) is 0 Å². The van der Waals surface area contributed by atoms with E-state index in [0.717, 1.165) is 12.3 Å². The highest BCUT2D eigenvalue weighted by atomic mass is 35.5. The molecule has 1 rings (SSSR count). The summed E-state index contributed by atoms with van der Waals surface area (Å²) in [5.74, 6) is 1.40. The van der Waals surface area contributed by atoms with Crippen LogP contribution in [0.2, 0.25) is 0 Å². The molecular weight excluding hydrogens is 228 g/mol. The van der Waals surface area contributed by atoms with Crippen LogP contribution in [-0.4, -0.2) is 5.88 Å². The van der Waals surface area contributed by atoms with Gasteiger partial charge in [0.1, 0.15) is 0 Å². The highest BCUT2D eigenvalue weighted by Crippen LogP contribution is 2.23. The molecule has 0 aliphatic carbocycles. The molecule has 0 spiro atoms. The zero-order chi connectivity index (χ0) is 12.9. The first kappa shape index (κ1) is 14.6. The predicted molar refractivity (Wildman–Crippen MR) is 78.0 cm³/mol. The lowest BCUT2D eigenvalue weighted by atomic mass is 9.86. The fraction of sp³-hybridized carbons (Fsp3) is 0.625. The van der Waals surface area contributed by atoms with Crippen LogP contribution >= 0.6 is 11.6 Å². The van der Waals surface area contributed by atoms with Gasteiger partial charge in [0.05, 0.1) is 0 Å². The molecule has 0 heterocycles. The van der Waals surface area contributed by atoms with Crippen molar-refractivity contribution < 1.29 is 0 Å². The monoisotopic (exact) mass is 252 g/mol. The van der Waals surface area contributed by atoms with Crippen molar-refractivity contribution in [3.63, 3.8) is 0 Å². The number of benzene rings is 1. The zero-order valence-corrected chi connectivity index (χ0v) is 12.3. The fourth-order valence-electron chi connectivity index (χ4n) is 2.12. The number of alkyl halides is 1. The Hall–Kier alpha value is -0.490. The molecule has 0 aliphatic rings. The summed E-state index contributed by atoms with van der Waals surface area (Å²) in [6.45, 7) is 8.98. The summed E-state index contributed by atoms with van der Waals surface area (Å²) in [4.78, 5) is 0. The first-order valence-electron chi connectivity index (χ1n) is 6.62. The highest BCUT2D eigenvalue weighted by molar-refractivity contribution is 6.18. The molecule has 0 aliphatic heterocycles. The molecule has 96 valence electrons. The van der Waals surface area contributed by atoms with Crippen LogP contribution in [0.1, 0.15) is 51.7 Å². The van der Waals surface area contributed by atoms with Gasteiger partial charge < -0.3 is 0 Å². The van der Waals surface area contributed by atoms with E-state index >= 15 is 0 Å². The van der Waals surface area contributed by atoms with Gasteiger partial charge >= 0.3 is 0 Å². The Morgan fingerprint density at radius 1 is 1.12 bits per heavy atom. The standard InChI is InChI=1S/C16H25Cl/c1-5-6-14(12-17)11-13-7-9-15(10-8-13)16(2,3)4/h7-10,14H,5-6,11-12H2,1-4H3. The van der Waals surface area contributed by atoms with Gasteiger partial charge in [-0.05, 0) is 35.3 Å². The minimum absolute atomic E-state index is 0.244. The molecule has 0 saturated carbocycles. The summed E-state index contributed by atoms with van der Waals surface area (Å²) in [7, 11) is 0. The van der Waals surface area contributed by atoms with Crippen LogP contribution in [0.25, 0.3) is 0 Å². The maximum absolute atomic E-state index is 6.00. The van der Waals surface area contributed by atoms with Crippen molar-refractivity contribution in [1.29, 1.82) is 0 Å². The molecule has 0 N–H and O–H groups in total. The molecule has 0 fully saturated rings. The summed E-state index contributed by atoms with van der Waals surface area (Å²) in [6.07, 6.45) is 3.56. The van der Waals surface area contributed by atoms with E-state index in [1.54, 1.807) is 0 Å². The first-order valence-corrected chi connectivity index (χ1v) is 7.16. The Bertz CT molecular complexity index is 318. The predicted octanol–water partition coefficient (Wildman–Crippen LogP) is 5.18. The van der Waals surface area contributed by atoms with Crippen molar-refractivity contribution in [1.82, 2.24) is 0 Å². The van der Waals surface area contributed by atoms with Gasteiger partial charge in [-0.3, -0.25) is 0 Å². The van der Waals surface area contributed by atoms with Gasteiger partial charge in [-0.15, -0.1) is 11.6 Å². The van der Waals surface area contributed by atoms with Crippen LogP contribution in [0.5, 0.6) is 0 Å². The summed E-state index contributed by atoms with van der Waals surface area (Å²) < 4.78 is 0. The van der Waals surface area contributed by atoms with Crippen LogP contribution in [0.4, 0.5) is 0 Å². The Labute approximate surface area is 111 Å². The van der Waals surface area contributed by atoms with Crippen molar-refractivity contribution in [3.05, 3.63) is 35.4 Å². The van der Waals surface area contributed by atoms with E-state index in [0.29, 0.717) is 5.92 Å². The maximum atomic E-state index is 6.00. The lowest BCUT2D eigenvalue weighted by Crippen LogP contribution is -2.11. The molecule has 1 atom stereocenters. The van der Waals surface area contributed by atoms with E-state index in [-0.39, 0.29) is 5.41 Å². The molecular formula is C16H25Cl. The van der Waals surface area contributed by atoms with Gasteiger partial charge in [-0.1, -0.05) is 58.4 Å². The Balaban J connectivity index is 2.68. The first-order chi connectivity index (χ1) is 7.97. The van der Waals surface area contributed by atoms with E-state index in [4.69, 9.17) is 11.6 Å². The third-order valence-electron chi connectivity index (χ3n) is 3.26. The molecule has 17 heavy (non-hydrogen) atoms. The minimum atomic E-state index is 0.244. The topological polar surface area (TPSA) is 0 Å². The van der Waals surface area contributed by atoms with Crippen molar-refractivity contribution in [2.45, 2.75) is 52.4 Å². The highest BCUT2D eigenvalue weighted by Gasteiger charge is 2.13. The molecule has 0 amide bonds. The van der Waals surface area contributed by atoms with Crippen LogP contribution in [0.15, 0.2) is 24.3 Å². The number of halogens is 1. The van der Waals surface area contributed by atoms with Gasteiger partial charge in [0.15, 0.2) is 0 Å². The van der Waals surface area contributed by atoms with E-state index in [1.165, 1.54) is 24.0 Å². The quantitative estimate of drug-likeness (QED) is 0.634. The second-order valence-corrected chi connectivity index (χ2v) is 6.27. The molecule has 0 aromatic heterocycles. The third-order valence-corrected chi connectivity index (χ3v) is 3.70. The van der Waals surface area contributed by atoms with Crippen LogP contribution < -0.4 is 0 Å². The Morgan fingerprint density at radius 3 is 2.12 bits per heavy atom. The second kappa shape index (κ2) is 6.44. The van der Waals surface area contributed by atoms with E-state index < -0.39 is 0 Å². The largest absolute Gasteiger partial charge is 0.126 e. The molecule has 1 unspecified atom stereocenters. The number of hydrogen-bond donors (Lipinski definition) is 0. The lowest BCUT2D eigenvalue weighted by molar-refractivity contribution is 0.527. The molecule has 0 radical (unpaired) electrons. The minimum Gasteiger partial charge on any atom is -0.126 e. The molecule has 1 heteroatoms. The van der Waals surface area contributed by atoms with Crippen molar-refractivity contribution >= 4 is 11.6 Å². The summed E-state index contributed by atoms with van der Waals surface area (Å²) in [5.41, 5.74) is 3.06. The normalized spacial score (nSPS) is 13.7. The fourth-order valence-corrected chi connectivity index (χ4v) is 2.38. The van der Waals surface area contributed by atoms with E-state index in [9.17, 15) is 0 Å². The molecule has 0 bridgehead atoms. The van der Waals surface area contributed by atoms with Crippen molar-refractivity contribution in [2.24, 2.45) is 5.92 Å². The molecule has 1 aromatic rings. The molecule has 1 aromatic carbocycles. The maximum Gasteiger partial charge on any atom is 0.0254 e. The number of rotatable bonds is 5. The molecule has 0 saturated heterocycles. The van der Waals surface area contributed by atoms with Gasteiger partial charge in [0.2, 0.25) is 0 Å². The average molecular weight is 253 g/mol. The van der Waals surface area contributed by atoms with Crippen molar-refractivity contribution in [3.8, 4) is 0 Å². The second-order valence-electron chi connectivity index (χ2n) is 5.96. The number of hydrogen-bond acceptors (Lipinski definition) is 0. The van der Waals surface area contributed by atoms with E-state index in [2.05, 4.69) is 52.0 Å². The van der Waals surface area contributed by atoms with E-state index in [1.807, 2.05) is 0 Å². The third kappa shape index (κ3) is 4.71. The van der Waals surface area contributed by atoms with Crippen LogP contribution in [-0.2, 0) is 11.8 Å².